The lowest BCUT2D eigenvalue weighted by Crippen LogP contribution is -2.45. The topological polar surface area (TPSA) is 89.3 Å². The van der Waals surface area contributed by atoms with Crippen LogP contribution in [0.2, 0.25) is 0 Å². The van der Waals surface area contributed by atoms with Gasteiger partial charge in [-0.3, -0.25) is 9.59 Å². The summed E-state index contributed by atoms with van der Waals surface area (Å²) < 4.78 is 7.45. The van der Waals surface area contributed by atoms with Gasteiger partial charge in [0.2, 0.25) is 11.8 Å². The van der Waals surface area contributed by atoms with Gasteiger partial charge in [-0.1, -0.05) is 36.4 Å². The Balaban J connectivity index is 1.70. The van der Waals surface area contributed by atoms with Gasteiger partial charge < -0.3 is 19.5 Å². The number of likely N-dealkylation sites (N-methyl/N-ethyl adjacent to an activating group) is 1. The fourth-order valence-electron chi connectivity index (χ4n) is 3.63. The van der Waals surface area contributed by atoms with Crippen molar-refractivity contribution in [3.8, 4) is 11.4 Å². The van der Waals surface area contributed by atoms with Gasteiger partial charge in [0.15, 0.2) is 5.82 Å². The zero-order valence-electron chi connectivity index (χ0n) is 17.4. The Morgan fingerprint density at radius 3 is 2.87 bits per heavy atom. The Kier molecular flexibility index (Phi) is 7.73. The number of aromatic nitrogens is 3. The predicted octanol–water partition coefficient (Wildman–Crippen LogP) is 1.67. The summed E-state index contributed by atoms with van der Waals surface area (Å²) in [5, 5.41) is 11.3. The highest BCUT2D eigenvalue weighted by Gasteiger charge is 2.31. The summed E-state index contributed by atoms with van der Waals surface area (Å²) >= 11 is 0. The molecule has 0 saturated heterocycles. The molecule has 30 heavy (non-hydrogen) atoms. The highest BCUT2D eigenvalue weighted by Crippen LogP contribution is 2.26. The number of benzene rings is 1. The van der Waals surface area contributed by atoms with E-state index in [1.54, 1.807) is 18.0 Å². The molecule has 2 amide bonds. The van der Waals surface area contributed by atoms with Crippen LogP contribution in [0.5, 0.6) is 0 Å². The average molecular weight is 412 g/mol. The SMILES string of the molecule is C=CCOCCCN(CC(=O)NC)C(=O)C1CCc2nnc(-c3ccccc3)n2C1. The number of rotatable bonds is 10. The van der Waals surface area contributed by atoms with Gasteiger partial charge in [-0.2, -0.15) is 0 Å². The summed E-state index contributed by atoms with van der Waals surface area (Å²) in [7, 11) is 1.58. The normalized spacial score (nSPS) is 15.3. The van der Waals surface area contributed by atoms with Crippen LogP contribution in [-0.4, -0.2) is 64.8 Å². The Morgan fingerprint density at radius 2 is 2.13 bits per heavy atom. The highest BCUT2D eigenvalue weighted by atomic mass is 16.5. The van der Waals surface area contributed by atoms with E-state index >= 15 is 0 Å². The number of aryl methyl sites for hydroxylation is 1. The van der Waals surface area contributed by atoms with Crippen molar-refractivity contribution < 1.29 is 14.3 Å². The number of amides is 2. The molecule has 1 aromatic carbocycles. The summed E-state index contributed by atoms with van der Waals surface area (Å²) in [6.45, 7) is 5.65. The van der Waals surface area contributed by atoms with Crippen LogP contribution in [0.15, 0.2) is 43.0 Å². The van der Waals surface area contributed by atoms with Crippen molar-refractivity contribution >= 4 is 11.8 Å². The van der Waals surface area contributed by atoms with Gasteiger partial charge >= 0.3 is 0 Å². The molecule has 0 fully saturated rings. The van der Waals surface area contributed by atoms with Gasteiger partial charge in [-0.05, 0) is 12.8 Å². The third-order valence-electron chi connectivity index (χ3n) is 5.21. The van der Waals surface area contributed by atoms with Crippen LogP contribution in [0.4, 0.5) is 0 Å². The van der Waals surface area contributed by atoms with Crippen LogP contribution < -0.4 is 5.32 Å². The number of hydrogen-bond acceptors (Lipinski definition) is 5. The van der Waals surface area contributed by atoms with Crippen molar-refractivity contribution in [3.05, 3.63) is 48.8 Å². The van der Waals surface area contributed by atoms with Gasteiger partial charge in [0.1, 0.15) is 5.82 Å². The summed E-state index contributed by atoms with van der Waals surface area (Å²) in [5.41, 5.74) is 0.978. The number of fused-ring (bicyclic) bond motifs is 1. The summed E-state index contributed by atoms with van der Waals surface area (Å²) in [6, 6.07) is 9.86. The maximum absolute atomic E-state index is 13.3. The molecule has 8 nitrogen and oxygen atoms in total. The molecule has 0 radical (unpaired) electrons. The molecule has 8 heteroatoms. The van der Waals surface area contributed by atoms with Gasteiger partial charge in [-0.15, -0.1) is 16.8 Å². The molecule has 1 N–H and O–H groups in total. The Morgan fingerprint density at radius 1 is 1.33 bits per heavy atom. The van der Waals surface area contributed by atoms with Crippen molar-refractivity contribution in [1.29, 1.82) is 0 Å². The molecule has 0 spiro atoms. The van der Waals surface area contributed by atoms with Crippen molar-refractivity contribution in [3.63, 3.8) is 0 Å². The lowest BCUT2D eigenvalue weighted by molar-refractivity contribution is -0.140. The zero-order valence-corrected chi connectivity index (χ0v) is 17.4. The molecular weight excluding hydrogens is 382 g/mol. The molecule has 0 aliphatic carbocycles. The summed E-state index contributed by atoms with van der Waals surface area (Å²) in [5.74, 6) is 1.27. The van der Waals surface area contributed by atoms with Crippen LogP contribution in [-0.2, 0) is 27.3 Å². The lowest BCUT2D eigenvalue weighted by Gasteiger charge is -2.30. The van der Waals surface area contributed by atoms with Crippen LogP contribution >= 0.6 is 0 Å². The minimum Gasteiger partial charge on any atom is -0.377 e. The maximum Gasteiger partial charge on any atom is 0.239 e. The molecule has 2 heterocycles. The lowest BCUT2D eigenvalue weighted by atomic mass is 9.97. The second kappa shape index (κ2) is 10.7. The summed E-state index contributed by atoms with van der Waals surface area (Å²) in [4.78, 5) is 26.9. The van der Waals surface area contributed by atoms with Crippen LogP contribution in [0.1, 0.15) is 18.7 Å². The average Bonchev–Trinajstić information content (AvgIpc) is 3.21. The van der Waals surface area contributed by atoms with Crippen molar-refractivity contribution in [2.45, 2.75) is 25.8 Å². The van der Waals surface area contributed by atoms with E-state index in [4.69, 9.17) is 4.74 Å². The molecule has 1 unspecified atom stereocenters. The van der Waals surface area contributed by atoms with Gasteiger partial charge in [0.05, 0.1) is 19.1 Å². The molecule has 160 valence electrons. The molecule has 1 aromatic heterocycles. The van der Waals surface area contributed by atoms with E-state index in [1.165, 1.54) is 0 Å². The van der Waals surface area contributed by atoms with Crippen LogP contribution in [0, 0.1) is 5.92 Å². The number of hydrogen-bond donors (Lipinski definition) is 1. The van der Waals surface area contributed by atoms with Crippen molar-refractivity contribution in [2.75, 3.05) is 33.4 Å². The molecule has 1 aliphatic heterocycles. The van der Waals surface area contributed by atoms with E-state index < -0.39 is 0 Å². The highest BCUT2D eigenvalue weighted by molar-refractivity contribution is 5.85. The quantitative estimate of drug-likeness (QED) is 0.475. The Bertz CT molecular complexity index is 865. The smallest absolute Gasteiger partial charge is 0.239 e. The first-order valence-electron chi connectivity index (χ1n) is 10.3. The van der Waals surface area contributed by atoms with E-state index in [2.05, 4.69) is 22.1 Å². The largest absolute Gasteiger partial charge is 0.377 e. The number of carbonyl (C=O) groups is 2. The van der Waals surface area contributed by atoms with Crippen molar-refractivity contribution in [2.24, 2.45) is 5.92 Å². The number of carbonyl (C=O) groups excluding carboxylic acids is 2. The minimum absolute atomic E-state index is 0.0133. The Labute approximate surface area is 176 Å². The molecule has 0 bridgehead atoms. The van der Waals surface area contributed by atoms with E-state index in [-0.39, 0.29) is 24.3 Å². The van der Waals surface area contributed by atoms with E-state index in [0.29, 0.717) is 45.6 Å². The number of ether oxygens (including phenoxy) is 1. The van der Waals surface area contributed by atoms with E-state index in [1.807, 2.05) is 34.9 Å². The molecule has 1 aliphatic rings. The molecule has 3 rings (SSSR count). The van der Waals surface area contributed by atoms with Crippen LogP contribution in [0.3, 0.4) is 0 Å². The minimum atomic E-state index is -0.213. The van der Waals surface area contributed by atoms with E-state index in [0.717, 1.165) is 17.2 Å². The number of nitrogens with zero attached hydrogens (tertiary/aromatic N) is 4. The fraction of sp³-hybridized carbons (Fsp3) is 0.455. The first-order valence-corrected chi connectivity index (χ1v) is 10.3. The van der Waals surface area contributed by atoms with Gasteiger partial charge in [-0.25, -0.2) is 0 Å². The second-order valence-electron chi connectivity index (χ2n) is 7.30. The molecule has 0 saturated carbocycles. The fourth-order valence-corrected chi connectivity index (χ4v) is 3.63. The monoisotopic (exact) mass is 411 g/mol. The summed E-state index contributed by atoms with van der Waals surface area (Å²) in [6.07, 6.45) is 3.74. The van der Waals surface area contributed by atoms with Gasteiger partial charge in [0.25, 0.3) is 0 Å². The molecule has 1 atom stereocenters. The second-order valence-corrected chi connectivity index (χ2v) is 7.30. The third-order valence-corrected chi connectivity index (χ3v) is 5.21. The molecule has 2 aromatic rings. The Hall–Kier alpha value is -3.00. The first-order chi connectivity index (χ1) is 14.6. The van der Waals surface area contributed by atoms with Crippen molar-refractivity contribution in [1.82, 2.24) is 25.0 Å². The standard InChI is InChI=1S/C22H29N5O3/c1-3-13-30-14-7-12-26(16-20(28)23-2)22(29)18-10-11-19-24-25-21(27(19)15-18)17-8-5-4-6-9-17/h3-6,8-9,18H,1,7,10-16H2,2H3,(H,23,28). The molecular formula is C22H29N5O3. The maximum atomic E-state index is 13.3. The first kappa shape index (κ1) is 21.7. The van der Waals surface area contributed by atoms with Gasteiger partial charge in [0, 0.05) is 38.7 Å². The zero-order chi connectivity index (χ0) is 21.3. The third kappa shape index (κ3) is 5.33. The van der Waals surface area contributed by atoms with Crippen LogP contribution in [0.25, 0.3) is 11.4 Å². The number of nitrogens with one attached hydrogen (secondary N) is 1. The van der Waals surface area contributed by atoms with E-state index in [9.17, 15) is 9.59 Å². The predicted molar refractivity (Wildman–Crippen MR) is 114 cm³/mol.